The van der Waals surface area contributed by atoms with Crippen LogP contribution in [-0.4, -0.2) is 27.1 Å². The molecule has 7 nitrogen and oxygen atoms in total. The minimum Gasteiger partial charge on any atom is -0.478 e. The van der Waals surface area contributed by atoms with E-state index in [1.165, 1.54) is 12.1 Å². The van der Waals surface area contributed by atoms with Crippen molar-refractivity contribution in [2.75, 3.05) is 0 Å². The maximum absolute atomic E-state index is 12.4. The standard InChI is InChI=1S/C17H21N3O4/c1-9-6-11(8-12(7-9)15(22)23)13(21)18-10(2)14-19-16(20-24-14)17(3,4)5/h6-8,10H,1-5H3,(H,18,21)(H,22,23). The number of aromatic nitrogens is 2. The Morgan fingerprint density at radius 2 is 1.83 bits per heavy atom. The van der Waals surface area contributed by atoms with Gasteiger partial charge in [0, 0.05) is 11.0 Å². The highest BCUT2D eigenvalue weighted by atomic mass is 16.5. The third kappa shape index (κ3) is 3.98. The summed E-state index contributed by atoms with van der Waals surface area (Å²) in [6.45, 7) is 9.35. The molecular weight excluding hydrogens is 310 g/mol. The van der Waals surface area contributed by atoms with Crippen LogP contribution in [-0.2, 0) is 5.41 Å². The second-order valence-electron chi connectivity index (χ2n) is 6.79. The van der Waals surface area contributed by atoms with Gasteiger partial charge < -0.3 is 14.9 Å². The third-order valence-electron chi connectivity index (χ3n) is 3.42. The highest BCUT2D eigenvalue weighted by Gasteiger charge is 2.24. The average molecular weight is 331 g/mol. The SMILES string of the molecule is Cc1cc(C(=O)O)cc(C(=O)NC(C)c2nc(C(C)(C)C)no2)c1. The molecule has 0 aliphatic carbocycles. The molecule has 128 valence electrons. The first-order valence-electron chi connectivity index (χ1n) is 7.58. The summed E-state index contributed by atoms with van der Waals surface area (Å²) in [7, 11) is 0. The summed E-state index contributed by atoms with van der Waals surface area (Å²) in [6, 6.07) is 3.99. The molecule has 0 aliphatic rings. The summed E-state index contributed by atoms with van der Waals surface area (Å²) in [5, 5.41) is 15.8. The summed E-state index contributed by atoms with van der Waals surface area (Å²) in [6.07, 6.45) is 0. The van der Waals surface area contributed by atoms with Gasteiger partial charge in [-0.3, -0.25) is 4.79 Å². The number of carboxylic acids is 1. The van der Waals surface area contributed by atoms with Crippen LogP contribution < -0.4 is 5.32 Å². The summed E-state index contributed by atoms with van der Waals surface area (Å²) in [4.78, 5) is 27.8. The summed E-state index contributed by atoms with van der Waals surface area (Å²) in [5.74, 6) is -0.613. The van der Waals surface area contributed by atoms with Crippen molar-refractivity contribution in [1.29, 1.82) is 0 Å². The molecule has 0 aliphatic heterocycles. The van der Waals surface area contributed by atoms with Crippen molar-refractivity contribution in [3.05, 3.63) is 46.6 Å². The van der Waals surface area contributed by atoms with E-state index in [1.54, 1.807) is 19.9 Å². The zero-order chi connectivity index (χ0) is 18.1. The molecule has 1 heterocycles. The predicted molar refractivity (Wildman–Crippen MR) is 87.0 cm³/mol. The van der Waals surface area contributed by atoms with E-state index < -0.39 is 17.9 Å². The van der Waals surface area contributed by atoms with Gasteiger partial charge in [-0.2, -0.15) is 4.98 Å². The normalized spacial score (nSPS) is 12.7. The Hall–Kier alpha value is -2.70. The van der Waals surface area contributed by atoms with Crippen molar-refractivity contribution >= 4 is 11.9 Å². The number of aromatic carboxylic acids is 1. The van der Waals surface area contributed by atoms with E-state index >= 15 is 0 Å². The second kappa shape index (κ2) is 6.43. The Morgan fingerprint density at radius 3 is 2.38 bits per heavy atom. The molecular formula is C17H21N3O4. The van der Waals surface area contributed by atoms with E-state index in [2.05, 4.69) is 15.5 Å². The van der Waals surface area contributed by atoms with E-state index in [0.717, 1.165) is 0 Å². The van der Waals surface area contributed by atoms with Crippen LogP contribution in [0.15, 0.2) is 22.7 Å². The van der Waals surface area contributed by atoms with E-state index in [9.17, 15) is 9.59 Å². The largest absolute Gasteiger partial charge is 0.478 e. The van der Waals surface area contributed by atoms with E-state index in [-0.39, 0.29) is 16.5 Å². The van der Waals surface area contributed by atoms with Crippen molar-refractivity contribution in [3.8, 4) is 0 Å². The number of carbonyl (C=O) groups is 2. The van der Waals surface area contributed by atoms with Crippen LogP contribution in [0.1, 0.15) is 71.7 Å². The van der Waals surface area contributed by atoms with Crippen molar-refractivity contribution in [1.82, 2.24) is 15.5 Å². The van der Waals surface area contributed by atoms with Gasteiger partial charge in [0.05, 0.1) is 5.56 Å². The first kappa shape index (κ1) is 17.7. The van der Waals surface area contributed by atoms with Gasteiger partial charge in [0.1, 0.15) is 6.04 Å². The first-order chi connectivity index (χ1) is 11.1. The van der Waals surface area contributed by atoms with E-state index in [1.807, 2.05) is 20.8 Å². The number of benzene rings is 1. The molecule has 1 atom stereocenters. The van der Waals surface area contributed by atoms with E-state index in [4.69, 9.17) is 9.63 Å². The highest BCUT2D eigenvalue weighted by molar-refractivity contribution is 5.97. The molecule has 24 heavy (non-hydrogen) atoms. The molecule has 1 aromatic heterocycles. The monoisotopic (exact) mass is 331 g/mol. The molecule has 2 aromatic rings. The van der Waals surface area contributed by atoms with Gasteiger partial charge in [-0.05, 0) is 37.6 Å². The zero-order valence-corrected chi connectivity index (χ0v) is 14.4. The number of hydrogen-bond acceptors (Lipinski definition) is 5. The van der Waals surface area contributed by atoms with Crippen LogP contribution in [0.4, 0.5) is 0 Å². The van der Waals surface area contributed by atoms with Crippen LogP contribution in [0.25, 0.3) is 0 Å². The first-order valence-corrected chi connectivity index (χ1v) is 7.58. The summed E-state index contributed by atoms with van der Waals surface area (Å²) >= 11 is 0. The van der Waals surface area contributed by atoms with Gasteiger partial charge in [-0.1, -0.05) is 25.9 Å². The molecule has 1 unspecified atom stereocenters. The average Bonchev–Trinajstić information content (AvgIpc) is 2.96. The molecule has 0 radical (unpaired) electrons. The lowest BCUT2D eigenvalue weighted by atomic mass is 9.96. The van der Waals surface area contributed by atoms with Crippen molar-refractivity contribution in [3.63, 3.8) is 0 Å². The lowest BCUT2D eigenvalue weighted by Gasteiger charge is -2.12. The highest BCUT2D eigenvalue weighted by Crippen LogP contribution is 2.21. The van der Waals surface area contributed by atoms with Gasteiger partial charge >= 0.3 is 5.97 Å². The van der Waals surface area contributed by atoms with E-state index in [0.29, 0.717) is 17.3 Å². The lowest BCUT2D eigenvalue weighted by Crippen LogP contribution is -2.27. The molecule has 1 aromatic carbocycles. The number of nitrogens with zero attached hydrogens (tertiary/aromatic N) is 2. The molecule has 2 N–H and O–H groups in total. The molecule has 1 amide bonds. The van der Waals surface area contributed by atoms with Crippen LogP contribution in [0.3, 0.4) is 0 Å². The van der Waals surface area contributed by atoms with Crippen molar-refractivity contribution in [2.24, 2.45) is 0 Å². The number of rotatable bonds is 4. The number of nitrogens with one attached hydrogen (secondary N) is 1. The fraction of sp³-hybridized carbons (Fsp3) is 0.412. The zero-order valence-electron chi connectivity index (χ0n) is 14.4. The molecule has 0 saturated heterocycles. The van der Waals surface area contributed by atoms with Crippen LogP contribution in [0, 0.1) is 6.92 Å². The topological polar surface area (TPSA) is 105 Å². The quantitative estimate of drug-likeness (QED) is 0.892. The number of aryl methyl sites for hydroxylation is 1. The maximum atomic E-state index is 12.4. The smallest absolute Gasteiger partial charge is 0.335 e. The molecule has 7 heteroatoms. The molecule has 2 rings (SSSR count). The second-order valence-corrected chi connectivity index (χ2v) is 6.79. The molecule has 0 fully saturated rings. The molecule has 0 bridgehead atoms. The Morgan fingerprint density at radius 1 is 1.21 bits per heavy atom. The Kier molecular flexibility index (Phi) is 4.73. The van der Waals surface area contributed by atoms with Crippen molar-refractivity contribution < 1.29 is 19.2 Å². The molecule has 0 spiro atoms. The fourth-order valence-corrected chi connectivity index (χ4v) is 2.10. The minimum absolute atomic E-state index is 0.0700. The van der Waals surface area contributed by atoms with Crippen molar-refractivity contribution in [2.45, 2.75) is 46.1 Å². The van der Waals surface area contributed by atoms with Gasteiger partial charge in [0.2, 0.25) is 5.89 Å². The number of carbonyl (C=O) groups excluding carboxylic acids is 1. The molecule has 0 saturated carbocycles. The van der Waals surface area contributed by atoms with Crippen LogP contribution in [0.5, 0.6) is 0 Å². The third-order valence-corrected chi connectivity index (χ3v) is 3.42. The number of hydrogen-bond donors (Lipinski definition) is 2. The Balaban J connectivity index is 2.17. The van der Waals surface area contributed by atoms with Gasteiger partial charge in [0.25, 0.3) is 5.91 Å². The lowest BCUT2D eigenvalue weighted by molar-refractivity contribution is 0.0696. The Bertz CT molecular complexity index is 774. The summed E-state index contributed by atoms with van der Waals surface area (Å²) < 4.78 is 5.21. The number of carboxylic acid groups (broad SMARTS) is 1. The van der Waals surface area contributed by atoms with Gasteiger partial charge in [0.15, 0.2) is 5.82 Å². The predicted octanol–water partition coefficient (Wildman–Crippen LogP) is 2.86. The van der Waals surface area contributed by atoms with Gasteiger partial charge in [-0.25, -0.2) is 4.79 Å². The maximum Gasteiger partial charge on any atom is 0.335 e. The fourth-order valence-electron chi connectivity index (χ4n) is 2.10. The van der Waals surface area contributed by atoms with Gasteiger partial charge in [-0.15, -0.1) is 0 Å². The minimum atomic E-state index is -1.08. The van der Waals surface area contributed by atoms with Crippen LogP contribution >= 0.6 is 0 Å². The Labute approximate surface area is 140 Å². The summed E-state index contributed by atoms with van der Waals surface area (Å²) in [5.41, 5.74) is 0.786. The van der Waals surface area contributed by atoms with Crippen LogP contribution in [0.2, 0.25) is 0 Å². The number of amides is 1.